The zero-order valence-electron chi connectivity index (χ0n) is 65.8. The van der Waals surface area contributed by atoms with Gasteiger partial charge in [-0.3, -0.25) is 29.5 Å². The van der Waals surface area contributed by atoms with E-state index in [1.165, 1.54) is 45.3 Å². The zero-order valence-corrected chi connectivity index (χ0v) is 71.3. The minimum Gasteiger partial charge on any atom is -0.477 e. The number of benzene rings is 3. The lowest BCUT2D eigenvalue weighted by Crippen LogP contribution is -2.35. The lowest BCUT2D eigenvalue weighted by Gasteiger charge is -2.23. The molecule has 4 aliphatic rings. The lowest BCUT2D eigenvalue weighted by atomic mass is 9.85. The van der Waals surface area contributed by atoms with Crippen molar-refractivity contribution in [3.63, 3.8) is 0 Å². The number of Topliss-reactive ketones (excluding diaryl/α,β-unsaturated/α-hetero) is 1. The van der Waals surface area contributed by atoms with Crippen LogP contribution in [0.15, 0.2) is 127 Å². The minimum atomic E-state index is -0.942. The number of nitrogens with zero attached hydrogens (tertiary/aromatic N) is 2. The van der Waals surface area contributed by atoms with Crippen molar-refractivity contribution in [1.82, 2.24) is 5.32 Å². The number of halogens is 4. The molecule has 14 atom stereocenters. The first-order chi connectivity index (χ1) is 54.2. The normalized spacial score (nSPS) is 21.9. The number of alkyl halides is 2. The van der Waals surface area contributed by atoms with E-state index in [4.69, 9.17) is 61.4 Å². The van der Waals surface area contributed by atoms with Gasteiger partial charge in [-0.15, -0.1) is 57.2 Å². The van der Waals surface area contributed by atoms with E-state index in [1.807, 2.05) is 60.7 Å². The fourth-order valence-corrected chi connectivity index (χ4v) is 19.3. The average molecular weight is 1690 g/mol. The summed E-state index contributed by atoms with van der Waals surface area (Å²) in [6.07, 6.45) is 29.4. The molecular formula is C88H117Cl4N3O15S3. The number of carboxylic acids is 2. The molecule has 18 nitrogen and oxygen atoms in total. The number of anilines is 2. The molecule has 4 amide bonds. The summed E-state index contributed by atoms with van der Waals surface area (Å²) in [5.41, 5.74) is 4.15. The summed E-state index contributed by atoms with van der Waals surface area (Å²) < 4.78 is 5.69. The van der Waals surface area contributed by atoms with Crippen LogP contribution in [0.4, 0.5) is 16.2 Å². The first kappa shape index (κ1) is 94.3. The van der Waals surface area contributed by atoms with Crippen LogP contribution >= 0.6 is 80.4 Å². The van der Waals surface area contributed by atoms with E-state index in [9.17, 15) is 59.4 Å². The second-order valence-electron chi connectivity index (χ2n) is 30.2. The summed E-state index contributed by atoms with van der Waals surface area (Å²) in [6, 6.07) is 30.0. The van der Waals surface area contributed by atoms with Gasteiger partial charge in [0.05, 0.1) is 41.5 Å². The third-order valence-electron chi connectivity index (χ3n) is 21.3. The number of aliphatic hydroxyl groups is 6. The van der Waals surface area contributed by atoms with Gasteiger partial charge in [-0.1, -0.05) is 144 Å². The average Bonchev–Trinajstić information content (AvgIpc) is 1.66. The number of nitrogens with one attached hydrogen (secondary N) is 1. The van der Waals surface area contributed by atoms with E-state index < -0.39 is 48.4 Å². The molecule has 3 aromatic carbocycles. The number of hydrogen-bond acceptors (Lipinski definition) is 16. The van der Waals surface area contributed by atoms with Crippen LogP contribution in [-0.2, 0) is 40.0 Å². The first-order valence-electron chi connectivity index (χ1n) is 40.3. The number of aliphatic hydroxyl groups excluding tert-OH is 6. The number of aromatic carboxylic acids is 2. The highest BCUT2D eigenvalue weighted by molar-refractivity contribution is 7.14. The number of carboxylic acid groups (broad SMARTS) is 2. The molecule has 4 fully saturated rings. The van der Waals surface area contributed by atoms with Crippen molar-refractivity contribution in [3.8, 4) is 0 Å². The Bertz CT molecular complexity index is 3940. The fourth-order valence-electron chi connectivity index (χ4n) is 15.0. The van der Waals surface area contributed by atoms with Gasteiger partial charge in [-0.25, -0.2) is 14.4 Å². The van der Waals surface area contributed by atoms with Crippen molar-refractivity contribution in [2.45, 2.75) is 274 Å². The molecule has 620 valence electrons. The monoisotopic (exact) mass is 1690 g/mol. The smallest absolute Gasteiger partial charge is 0.345 e. The fraction of sp³-hybridized carbons (Fsp3) is 0.545. The molecule has 3 aromatic heterocycles. The first-order valence-corrected chi connectivity index (χ1v) is 44.4. The highest BCUT2D eigenvalue weighted by Crippen LogP contribution is 2.43. The number of amides is 4. The number of carbonyl (C=O) groups is 6. The van der Waals surface area contributed by atoms with E-state index in [2.05, 4.69) is 38.2 Å². The van der Waals surface area contributed by atoms with E-state index in [0.29, 0.717) is 89.2 Å². The Kier molecular flexibility index (Phi) is 41.2. The van der Waals surface area contributed by atoms with Gasteiger partial charge in [0, 0.05) is 52.7 Å². The molecule has 4 unspecified atom stereocenters. The standard InChI is InChI=1S/C23H28N2O5S.C23H29NO5S.C22H25Cl3O2S.C20H35ClO3/c1-2-3-4-8-19(26)15-9-11-16(12-10-15)25-18(21(27)24-23(25)30)7-5-6-17-13-14-20(31-17)22(28)29;1-2-3-4-7-19(25)16-9-11-17(12-10-16)24-21(26)15-29-22(24)8-5-6-18-13-14-20(30-18)23(27)28;1-13(26)22-8-6-17(28-22)3-2-4-18-19(21(27)12-20(18)25)7-5-14-9-15(23)11-16(24)10-14;1-3-4-5-6-7-11-17-18(20(24)14-19(17)21)13-12-16(23)10-8-9-15(2)22/h9-14,18-19,26H,2-8H2,1H3,(H,28,29)(H,24,27,30);9-14,19,22,25H,2-8,15H2,1H3,(H,27,28);6,8-11,18-21,27H,2-5,7,12H2,1H3;6-7,12-13,15-20,22-24H,3-5,8-11,14H2,1-2H3/b;;;7-6-,13-12+/t;;18-,19-,20-,21-;15-,16+,17-,18-,19-,20-/m..11/s1. The molecule has 2 aliphatic carbocycles. The largest absolute Gasteiger partial charge is 0.477 e. The molecule has 5 heterocycles. The van der Waals surface area contributed by atoms with Crippen LogP contribution in [-0.4, -0.2) is 130 Å². The van der Waals surface area contributed by atoms with Crippen LogP contribution in [0.3, 0.4) is 0 Å². The van der Waals surface area contributed by atoms with E-state index in [-0.39, 0.29) is 71.1 Å². The van der Waals surface area contributed by atoms with Crippen LogP contribution in [0.1, 0.15) is 261 Å². The minimum absolute atomic E-state index is 0.00902. The maximum Gasteiger partial charge on any atom is 0.345 e. The second kappa shape index (κ2) is 49.4. The molecule has 2 aliphatic heterocycles. The van der Waals surface area contributed by atoms with Crippen LogP contribution in [0.2, 0.25) is 10.0 Å². The number of unbranched alkanes of at least 4 members (excludes halogenated alkanes) is 6. The van der Waals surface area contributed by atoms with E-state index in [0.717, 1.165) is 146 Å². The Morgan fingerprint density at radius 3 is 1.60 bits per heavy atom. The van der Waals surface area contributed by atoms with Crippen molar-refractivity contribution >= 4 is 127 Å². The molecule has 0 spiro atoms. The van der Waals surface area contributed by atoms with Crippen molar-refractivity contribution in [2.24, 2.45) is 23.7 Å². The SMILES string of the molecule is CC(=O)c1ccc(CCC[C@@H]2[C@@H](CCc3cc(Cl)cc(Cl)c3)[C@H](O)C[C@H]2Cl)s1.CCCC/C=C\C[C@@H]1[C@@H](/C=C/[C@@H](O)CCC[C@@H](C)O)[C@H](O)C[C@H]1Cl.CCCCCC(O)c1ccc(N2C(=O)COC2CCCc2ccc(C(=O)O)s2)cc1.CCCCCC(O)c1ccc(N2C(=O)NC(=O)C2CCCc2ccc(C(=O)O)s2)cc1. The Balaban J connectivity index is 0.000000210. The quantitative estimate of drug-likeness (QED) is 0.00567. The number of ketones is 1. The van der Waals surface area contributed by atoms with Gasteiger partial charge >= 0.3 is 18.0 Å². The zero-order chi connectivity index (χ0) is 82.1. The van der Waals surface area contributed by atoms with Gasteiger partial charge in [0.25, 0.3) is 11.8 Å². The molecule has 10 rings (SSSR count). The molecule has 6 aromatic rings. The van der Waals surface area contributed by atoms with Gasteiger partial charge in [0.15, 0.2) is 5.78 Å². The second-order valence-corrected chi connectivity index (χ2v) is 35.7. The van der Waals surface area contributed by atoms with Crippen molar-refractivity contribution in [1.29, 1.82) is 0 Å². The summed E-state index contributed by atoms with van der Waals surface area (Å²) in [7, 11) is 0. The Morgan fingerprint density at radius 2 is 1.08 bits per heavy atom. The Hall–Kier alpha value is -5.86. The third-order valence-corrected chi connectivity index (χ3v) is 26.2. The van der Waals surface area contributed by atoms with Crippen molar-refractivity contribution < 1.29 is 74.4 Å². The molecule has 2 saturated heterocycles. The van der Waals surface area contributed by atoms with Gasteiger partial charge in [-0.2, -0.15) is 0 Å². The van der Waals surface area contributed by atoms with Crippen molar-refractivity contribution in [3.05, 3.63) is 183 Å². The summed E-state index contributed by atoms with van der Waals surface area (Å²) in [6.45, 7) is 9.87. The number of urea groups is 1. The topological polar surface area (TPSA) is 292 Å². The van der Waals surface area contributed by atoms with E-state index >= 15 is 0 Å². The molecule has 9 N–H and O–H groups in total. The predicted molar refractivity (Wildman–Crippen MR) is 457 cm³/mol. The molecule has 25 heteroatoms. The maximum atomic E-state index is 12.4. The Labute approximate surface area is 699 Å². The number of thiophene rings is 3. The van der Waals surface area contributed by atoms with Crippen LogP contribution in [0, 0.1) is 23.7 Å². The maximum absolute atomic E-state index is 12.4. The summed E-state index contributed by atoms with van der Waals surface area (Å²) in [5.74, 6) is -1.39. The van der Waals surface area contributed by atoms with Gasteiger partial charge in [0.2, 0.25) is 0 Å². The number of ether oxygens (including phenoxy) is 1. The van der Waals surface area contributed by atoms with Gasteiger partial charge in [0.1, 0.15) is 28.6 Å². The molecular weight excluding hydrogens is 1580 g/mol. The number of allylic oxidation sites excluding steroid dienone is 2. The van der Waals surface area contributed by atoms with Crippen LogP contribution in [0.25, 0.3) is 0 Å². The number of aryl methyl sites for hydroxylation is 4. The van der Waals surface area contributed by atoms with Crippen LogP contribution in [0.5, 0.6) is 0 Å². The predicted octanol–water partition coefficient (Wildman–Crippen LogP) is 20.3. The molecule has 0 bridgehead atoms. The summed E-state index contributed by atoms with van der Waals surface area (Å²) >= 11 is 29.3. The molecule has 0 radical (unpaired) electrons. The molecule has 113 heavy (non-hydrogen) atoms. The summed E-state index contributed by atoms with van der Waals surface area (Å²) in [4.78, 5) is 78.3. The van der Waals surface area contributed by atoms with E-state index in [1.54, 1.807) is 84.7 Å². The van der Waals surface area contributed by atoms with Gasteiger partial charge in [-0.05, 0) is 256 Å². The van der Waals surface area contributed by atoms with Gasteiger partial charge < -0.3 is 45.6 Å². The lowest BCUT2D eigenvalue weighted by molar-refractivity contribution is -0.120. The van der Waals surface area contributed by atoms with Crippen LogP contribution < -0.4 is 15.1 Å². The number of carbonyl (C=O) groups excluding carboxylic acids is 4. The summed E-state index contributed by atoms with van der Waals surface area (Å²) in [5, 5.41) is 82.4. The number of imide groups is 1. The molecule has 2 saturated carbocycles. The third kappa shape index (κ3) is 30.9. The Morgan fingerprint density at radius 1 is 0.566 bits per heavy atom. The van der Waals surface area contributed by atoms with Crippen molar-refractivity contribution in [2.75, 3.05) is 16.4 Å². The number of rotatable bonds is 41. The highest BCUT2D eigenvalue weighted by Gasteiger charge is 2.42. The highest BCUT2D eigenvalue weighted by atomic mass is 35.5. The number of hydrogen-bond donors (Lipinski definition) is 9.